The second kappa shape index (κ2) is 10.7. The van der Waals surface area contributed by atoms with Crippen molar-refractivity contribution in [2.24, 2.45) is 0 Å². The molecule has 0 bridgehead atoms. The number of benzene rings is 3. The van der Waals surface area contributed by atoms with E-state index in [4.69, 9.17) is 0 Å². The lowest BCUT2D eigenvalue weighted by Crippen LogP contribution is -3.12. The van der Waals surface area contributed by atoms with Crippen LogP contribution in [0.2, 0.25) is 0 Å². The van der Waals surface area contributed by atoms with Crippen molar-refractivity contribution in [2.75, 3.05) is 18.5 Å². The molecule has 0 aliphatic heterocycles. The third-order valence-electron chi connectivity index (χ3n) is 5.36. The fourth-order valence-corrected chi connectivity index (χ4v) is 3.72. The van der Waals surface area contributed by atoms with Crippen molar-refractivity contribution in [2.45, 2.75) is 32.4 Å². The van der Waals surface area contributed by atoms with Crippen molar-refractivity contribution < 1.29 is 14.8 Å². The summed E-state index contributed by atoms with van der Waals surface area (Å²) in [6.45, 7) is 5.45. The summed E-state index contributed by atoms with van der Waals surface area (Å²) in [5, 5.41) is 12.8. The van der Waals surface area contributed by atoms with Crippen LogP contribution in [0, 0.1) is 0 Å². The van der Waals surface area contributed by atoms with Gasteiger partial charge in [0.2, 0.25) is 0 Å². The number of anilines is 1. The molecule has 0 aliphatic rings. The van der Waals surface area contributed by atoms with Gasteiger partial charge in [0, 0.05) is 16.8 Å². The number of carbonyl (C=O) groups excluding carboxylic acids is 1. The summed E-state index contributed by atoms with van der Waals surface area (Å²) in [5.41, 5.74) is 4.10. The lowest BCUT2D eigenvalue weighted by Gasteiger charge is -2.28. The van der Waals surface area contributed by atoms with Crippen LogP contribution in [-0.4, -0.2) is 24.2 Å². The zero-order chi connectivity index (χ0) is 21.3. The van der Waals surface area contributed by atoms with E-state index in [1.165, 1.54) is 5.56 Å². The van der Waals surface area contributed by atoms with Crippen molar-refractivity contribution in [3.05, 3.63) is 102 Å². The fraction of sp³-hybridized carbons (Fsp3) is 0.269. The molecule has 0 saturated carbocycles. The van der Waals surface area contributed by atoms with E-state index in [1.54, 1.807) is 0 Å². The Bertz CT molecular complexity index is 909. The first-order valence-electron chi connectivity index (χ1n) is 10.5. The standard InChI is InChI=1S/C26H30N2O2/c1-20(2)22-13-15-24(16-14-22)27-26(30)25(23-11-7-4-8-12-23)28(17-18-29)19-21-9-5-3-6-10-21/h3-16,20,25,29H,17-19H2,1-2H3,(H,27,30)/p+1. The van der Waals surface area contributed by atoms with Crippen LogP contribution in [0.25, 0.3) is 0 Å². The molecule has 3 N–H and O–H groups in total. The monoisotopic (exact) mass is 403 g/mol. The van der Waals surface area contributed by atoms with E-state index in [0.717, 1.165) is 21.7 Å². The van der Waals surface area contributed by atoms with Gasteiger partial charge in [-0.05, 0) is 23.6 Å². The Balaban J connectivity index is 1.87. The maximum Gasteiger partial charge on any atom is 0.287 e. The largest absolute Gasteiger partial charge is 0.391 e. The van der Waals surface area contributed by atoms with Crippen LogP contribution in [0.3, 0.4) is 0 Å². The maximum atomic E-state index is 13.4. The molecule has 2 atom stereocenters. The predicted molar refractivity (Wildman–Crippen MR) is 121 cm³/mol. The number of nitrogens with one attached hydrogen (secondary N) is 2. The smallest absolute Gasteiger partial charge is 0.287 e. The van der Waals surface area contributed by atoms with E-state index in [0.29, 0.717) is 19.0 Å². The Morgan fingerprint density at radius 1 is 0.867 bits per heavy atom. The topological polar surface area (TPSA) is 53.8 Å². The molecule has 0 aromatic heterocycles. The van der Waals surface area contributed by atoms with E-state index in [1.807, 2.05) is 60.7 Å². The van der Waals surface area contributed by atoms with Gasteiger partial charge in [-0.25, -0.2) is 0 Å². The van der Waals surface area contributed by atoms with Crippen molar-refractivity contribution in [1.29, 1.82) is 0 Å². The van der Waals surface area contributed by atoms with Gasteiger partial charge in [-0.3, -0.25) is 4.79 Å². The molecule has 30 heavy (non-hydrogen) atoms. The summed E-state index contributed by atoms with van der Waals surface area (Å²) in [6, 6.07) is 27.5. The van der Waals surface area contributed by atoms with E-state index in [-0.39, 0.29) is 12.5 Å². The quantitative estimate of drug-likeness (QED) is 0.512. The third-order valence-corrected chi connectivity index (χ3v) is 5.36. The number of hydrogen-bond donors (Lipinski definition) is 3. The van der Waals surface area contributed by atoms with Gasteiger partial charge in [-0.2, -0.15) is 0 Å². The summed E-state index contributed by atoms with van der Waals surface area (Å²) in [5.74, 6) is 0.375. The Morgan fingerprint density at radius 3 is 2.03 bits per heavy atom. The van der Waals surface area contributed by atoms with Crippen LogP contribution in [0.1, 0.15) is 42.5 Å². The molecule has 0 heterocycles. The highest BCUT2D eigenvalue weighted by Gasteiger charge is 2.31. The SMILES string of the molecule is CC(C)c1ccc(NC(=O)C(c2ccccc2)[NH+](CCO)Cc2ccccc2)cc1. The molecule has 2 unspecified atom stereocenters. The lowest BCUT2D eigenvalue weighted by molar-refractivity contribution is -0.935. The van der Waals surface area contributed by atoms with Gasteiger partial charge in [0.1, 0.15) is 13.1 Å². The summed E-state index contributed by atoms with van der Waals surface area (Å²) in [7, 11) is 0. The number of aliphatic hydroxyl groups is 1. The highest BCUT2D eigenvalue weighted by molar-refractivity contribution is 5.94. The molecule has 3 rings (SSSR count). The number of carbonyl (C=O) groups is 1. The molecule has 0 radical (unpaired) electrons. The number of aliphatic hydroxyl groups excluding tert-OH is 1. The van der Waals surface area contributed by atoms with Crippen molar-refractivity contribution in [3.63, 3.8) is 0 Å². The highest BCUT2D eigenvalue weighted by Crippen LogP contribution is 2.19. The molecule has 0 spiro atoms. The molecule has 4 heteroatoms. The van der Waals surface area contributed by atoms with Crippen molar-refractivity contribution >= 4 is 11.6 Å². The molecule has 0 saturated heterocycles. The molecule has 0 aliphatic carbocycles. The summed E-state index contributed by atoms with van der Waals surface area (Å²) < 4.78 is 0. The van der Waals surface area contributed by atoms with Crippen molar-refractivity contribution in [3.8, 4) is 0 Å². The minimum absolute atomic E-state index is 0.0157. The summed E-state index contributed by atoms with van der Waals surface area (Å²) in [4.78, 5) is 14.4. The van der Waals surface area contributed by atoms with Crippen molar-refractivity contribution in [1.82, 2.24) is 0 Å². The molecule has 4 nitrogen and oxygen atoms in total. The Labute approximate surface area is 179 Å². The molecule has 1 amide bonds. The van der Waals surface area contributed by atoms with Crippen LogP contribution in [0.15, 0.2) is 84.9 Å². The number of rotatable bonds is 9. The molecule has 3 aromatic rings. The average Bonchev–Trinajstić information content (AvgIpc) is 2.76. The predicted octanol–water partition coefficient (Wildman–Crippen LogP) is 3.57. The van der Waals surface area contributed by atoms with Gasteiger partial charge in [0.05, 0.1) is 6.61 Å². The van der Waals surface area contributed by atoms with Gasteiger partial charge < -0.3 is 15.3 Å². The Hall–Kier alpha value is -2.95. The summed E-state index contributed by atoms with van der Waals surface area (Å²) in [6.07, 6.45) is 0. The second-order valence-corrected chi connectivity index (χ2v) is 7.90. The molecule has 0 fully saturated rings. The molecule has 156 valence electrons. The van der Waals surface area contributed by atoms with Crippen LogP contribution in [-0.2, 0) is 11.3 Å². The second-order valence-electron chi connectivity index (χ2n) is 7.90. The zero-order valence-electron chi connectivity index (χ0n) is 17.7. The van der Waals surface area contributed by atoms with E-state index >= 15 is 0 Å². The minimum atomic E-state index is -0.427. The van der Waals surface area contributed by atoms with Gasteiger partial charge >= 0.3 is 0 Å². The van der Waals surface area contributed by atoms with E-state index in [9.17, 15) is 9.90 Å². The average molecular weight is 404 g/mol. The molecular formula is C26H31N2O2+. The first-order valence-corrected chi connectivity index (χ1v) is 10.5. The van der Waals surface area contributed by atoms with Crippen LogP contribution in [0.5, 0.6) is 0 Å². The number of amides is 1. The van der Waals surface area contributed by atoms with E-state index < -0.39 is 6.04 Å². The first-order chi connectivity index (χ1) is 14.6. The van der Waals surface area contributed by atoms with Gasteiger partial charge in [0.15, 0.2) is 6.04 Å². The molecule has 3 aromatic carbocycles. The Kier molecular flexibility index (Phi) is 7.77. The number of quaternary nitrogens is 1. The Morgan fingerprint density at radius 2 is 1.47 bits per heavy atom. The van der Waals surface area contributed by atoms with E-state index in [2.05, 4.69) is 43.4 Å². The maximum absolute atomic E-state index is 13.4. The fourth-order valence-electron chi connectivity index (χ4n) is 3.72. The minimum Gasteiger partial charge on any atom is -0.391 e. The third kappa shape index (κ3) is 5.78. The van der Waals surface area contributed by atoms with Gasteiger partial charge in [-0.15, -0.1) is 0 Å². The van der Waals surface area contributed by atoms with Gasteiger partial charge in [0.25, 0.3) is 5.91 Å². The zero-order valence-corrected chi connectivity index (χ0v) is 17.7. The highest BCUT2D eigenvalue weighted by atomic mass is 16.3. The van der Waals surface area contributed by atoms with Crippen LogP contribution in [0.4, 0.5) is 5.69 Å². The lowest BCUT2D eigenvalue weighted by atomic mass is 10.0. The normalized spacial score (nSPS) is 13.1. The summed E-state index contributed by atoms with van der Waals surface area (Å²) >= 11 is 0. The van der Waals surface area contributed by atoms with Crippen LogP contribution < -0.4 is 10.2 Å². The number of hydrogen-bond acceptors (Lipinski definition) is 2. The first kappa shape index (κ1) is 21.8. The van der Waals surface area contributed by atoms with Crippen LogP contribution >= 0.6 is 0 Å². The van der Waals surface area contributed by atoms with Gasteiger partial charge in [-0.1, -0.05) is 86.6 Å². The molecular weight excluding hydrogens is 372 g/mol.